The maximum absolute atomic E-state index is 12.4. The molecule has 0 spiro atoms. The predicted octanol–water partition coefficient (Wildman–Crippen LogP) is 2.67. The van der Waals surface area contributed by atoms with E-state index in [4.69, 9.17) is 16.3 Å². The van der Waals surface area contributed by atoms with Crippen LogP contribution >= 0.6 is 11.6 Å². The zero-order chi connectivity index (χ0) is 20.8. The van der Waals surface area contributed by atoms with Gasteiger partial charge in [0.15, 0.2) is 15.8 Å². The van der Waals surface area contributed by atoms with Gasteiger partial charge in [0.2, 0.25) is 0 Å². The molecule has 1 aromatic carbocycles. The van der Waals surface area contributed by atoms with E-state index in [1.165, 1.54) is 11.8 Å². The molecule has 1 saturated heterocycles. The van der Waals surface area contributed by atoms with E-state index in [0.717, 1.165) is 11.4 Å². The van der Waals surface area contributed by atoms with Crippen molar-refractivity contribution in [3.05, 3.63) is 34.9 Å². The van der Waals surface area contributed by atoms with Crippen LogP contribution in [-0.2, 0) is 21.0 Å². The molecule has 1 fully saturated rings. The third kappa shape index (κ3) is 6.36. The molecule has 6 nitrogen and oxygen atoms in total. The van der Waals surface area contributed by atoms with Crippen LogP contribution in [0.4, 0.5) is 0 Å². The number of sulfone groups is 1. The van der Waals surface area contributed by atoms with Crippen molar-refractivity contribution in [1.29, 1.82) is 0 Å². The average molecular weight is 430 g/mol. The van der Waals surface area contributed by atoms with Crippen LogP contribution in [0.1, 0.15) is 32.3 Å². The number of nitrogens with zero attached hydrogens (tertiary/aromatic N) is 1. The Morgan fingerprint density at radius 1 is 1.29 bits per heavy atom. The highest BCUT2D eigenvalue weighted by Crippen LogP contribution is 2.28. The van der Waals surface area contributed by atoms with Crippen molar-refractivity contribution in [3.63, 3.8) is 0 Å². The summed E-state index contributed by atoms with van der Waals surface area (Å²) in [4.78, 5) is 4.26. The summed E-state index contributed by atoms with van der Waals surface area (Å²) in [5, 5.41) is 7.29. The van der Waals surface area contributed by atoms with Crippen molar-refractivity contribution in [1.82, 2.24) is 10.6 Å². The van der Waals surface area contributed by atoms with Gasteiger partial charge in [0.05, 0.1) is 4.75 Å². The van der Waals surface area contributed by atoms with E-state index < -0.39 is 14.6 Å². The standard InChI is InChI=1S/C20H32ClN3O3S/c1-19(2,13-16-6-5-7-17(21)12-16)14-23-18(22-3)24-15-20(28(4,25)26)8-10-27-11-9-20/h5-7,12H,8-11,13-15H2,1-4H3,(H2,22,23,24). The molecule has 2 N–H and O–H groups in total. The van der Waals surface area contributed by atoms with E-state index in [9.17, 15) is 8.42 Å². The van der Waals surface area contributed by atoms with Crippen molar-refractivity contribution < 1.29 is 13.2 Å². The number of rotatable bonds is 7. The molecule has 2 rings (SSSR count). The molecule has 0 amide bonds. The summed E-state index contributed by atoms with van der Waals surface area (Å²) < 4.78 is 29.3. The topological polar surface area (TPSA) is 79.8 Å². The summed E-state index contributed by atoms with van der Waals surface area (Å²) in [5.74, 6) is 0.605. The minimum atomic E-state index is -3.22. The van der Waals surface area contributed by atoms with Gasteiger partial charge in [-0.25, -0.2) is 8.42 Å². The van der Waals surface area contributed by atoms with Crippen molar-refractivity contribution in [3.8, 4) is 0 Å². The lowest BCUT2D eigenvalue weighted by molar-refractivity contribution is 0.0756. The molecule has 0 radical (unpaired) electrons. The maximum Gasteiger partial charge on any atom is 0.191 e. The zero-order valence-electron chi connectivity index (χ0n) is 17.2. The fourth-order valence-corrected chi connectivity index (χ4v) is 4.93. The molecule has 1 heterocycles. The second-order valence-corrected chi connectivity index (χ2v) is 11.2. The first-order valence-corrected chi connectivity index (χ1v) is 11.8. The number of benzene rings is 1. The predicted molar refractivity (Wildman–Crippen MR) is 116 cm³/mol. The SMILES string of the molecule is CN=C(NCC(C)(C)Cc1cccc(Cl)c1)NCC1(S(C)(=O)=O)CCOCC1. The van der Waals surface area contributed by atoms with Gasteiger partial charge >= 0.3 is 0 Å². The lowest BCUT2D eigenvalue weighted by Crippen LogP contribution is -2.54. The van der Waals surface area contributed by atoms with Gasteiger partial charge in [-0.15, -0.1) is 0 Å². The van der Waals surface area contributed by atoms with E-state index in [0.29, 0.717) is 45.1 Å². The Balaban J connectivity index is 1.94. The normalized spacial score (nSPS) is 18.0. The molecule has 0 aliphatic carbocycles. The van der Waals surface area contributed by atoms with Gasteiger partial charge in [0.25, 0.3) is 0 Å². The molecular formula is C20H32ClN3O3S. The molecule has 1 aliphatic heterocycles. The molecular weight excluding hydrogens is 398 g/mol. The number of nitrogens with one attached hydrogen (secondary N) is 2. The van der Waals surface area contributed by atoms with Gasteiger partial charge in [-0.2, -0.15) is 0 Å². The first-order chi connectivity index (χ1) is 13.1. The van der Waals surface area contributed by atoms with Crippen molar-refractivity contribution in [2.24, 2.45) is 10.4 Å². The summed E-state index contributed by atoms with van der Waals surface area (Å²) in [6.45, 7) is 6.29. The monoisotopic (exact) mass is 429 g/mol. The summed E-state index contributed by atoms with van der Waals surface area (Å²) in [5.41, 5.74) is 1.15. The van der Waals surface area contributed by atoms with Crippen LogP contribution in [0.25, 0.3) is 0 Å². The van der Waals surface area contributed by atoms with E-state index in [1.807, 2.05) is 18.2 Å². The molecule has 0 aromatic heterocycles. The second-order valence-electron chi connectivity index (χ2n) is 8.32. The fraction of sp³-hybridized carbons (Fsp3) is 0.650. The molecule has 1 aromatic rings. The highest BCUT2D eigenvalue weighted by atomic mass is 35.5. The largest absolute Gasteiger partial charge is 0.381 e. The molecule has 1 aliphatic rings. The summed E-state index contributed by atoms with van der Waals surface area (Å²) in [6.07, 6.45) is 3.17. The van der Waals surface area contributed by atoms with Crippen LogP contribution < -0.4 is 10.6 Å². The Bertz CT molecular complexity index is 788. The first-order valence-electron chi connectivity index (χ1n) is 9.53. The Labute approximate surface area is 174 Å². The van der Waals surface area contributed by atoms with Gasteiger partial charge < -0.3 is 15.4 Å². The molecule has 8 heteroatoms. The number of ether oxygens (including phenoxy) is 1. The fourth-order valence-electron chi connectivity index (χ4n) is 3.47. The second kappa shape index (κ2) is 9.46. The molecule has 0 unspecified atom stereocenters. The van der Waals surface area contributed by atoms with Gasteiger partial charge in [-0.3, -0.25) is 4.99 Å². The third-order valence-corrected chi connectivity index (χ3v) is 7.66. The van der Waals surface area contributed by atoms with Gasteiger partial charge in [-0.1, -0.05) is 37.6 Å². The van der Waals surface area contributed by atoms with Crippen molar-refractivity contribution in [2.75, 3.05) is 39.6 Å². The number of hydrogen-bond acceptors (Lipinski definition) is 4. The minimum Gasteiger partial charge on any atom is -0.381 e. The van der Waals surface area contributed by atoms with Crippen LogP contribution in [0.2, 0.25) is 5.02 Å². The average Bonchev–Trinajstić information content (AvgIpc) is 2.61. The van der Waals surface area contributed by atoms with Crippen LogP contribution in [0.3, 0.4) is 0 Å². The molecule has 158 valence electrons. The lowest BCUT2D eigenvalue weighted by atomic mass is 9.86. The Kier molecular flexibility index (Phi) is 7.76. The number of aliphatic imine (C=N–C) groups is 1. The van der Waals surface area contributed by atoms with E-state index in [-0.39, 0.29) is 5.41 Å². The smallest absolute Gasteiger partial charge is 0.191 e. The summed E-state index contributed by atoms with van der Waals surface area (Å²) in [6, 6.07) is 7.88. The maximum atomic E-state index is 12.4. The Morgan fingerprint density at radius 2 is 1.96 bits per heavy atom. The lowest BCUT2D eigenvalue weighted by Gasteiger charge is -2.36. The van der Waals surface area contributed by atoms with Crippen LogP contribution in [0, 0.1) is 5.41 Å². The number of halogens is 1. The number of hydrogen-bond donors (Lipinski definition) is 2. The molecule has 0 bridgehead atoms. The third-order valence-electron chi connectivity index (χ3n) is 5.30. The summed E-state index contributed by atoms with van der Waals surface area (Å²) in [7, 11) is -1.53. The van der Waals surface area contributed by atoms with E-state index in [1.54, 1.807) is 7.05 Å². The van der Waals surface area contributed by atoms with Crippen LogP contribution in [0.15, 0.2) is 29.3 Å². The summed E-state index contributed by atoms with van der Waals surface area (Å²) >= 11 is 6.09. The molecule has 0 atom stereocenters. The minimum absolute atomic E-state index is 0.0322. The Hall–Kier alpha value is -1.31. The van der Waals surface area contributed by atoms with Gasteiger partial charge in [0.1, 0.15) is 0 Å². The van der Waals surface area contributed by atoms with E-state index in [2.05, 4.69) is 35.5 Å². The van der Waals surface area contributed by atoms with Crippen molar-refractivity contribution >= 4 is 27.4 Å². The van der Waals surface area contributed by atoms with E-state index >= 15 is 0 Å². The Morgan fingerprint density at radius 3 is 2.54 bits per heavy atom. The molecule has 28 heavy (non-hydrogen) atoms. The van der Waals surface area contributed by atoms with Crippen LogP contribution in [0.5, 0.6) is 0 Å². The highest BCUT2D eigenvalue weighted by molar-refractivity contribution is 7.92. The number of guanidine groups is 1. The van der Waals surface area contributed by atoms with Gasteiger partial charge in [-0.05, 0) is 42.4 Å². The molecule has 0 saturated carbocycles. The highest BCUT2D eigenvalue weighted by Gasteiger charge is 2.42. The van der Waals surface area contributed by atoms with Gasteiger partial charge in [0, 0.05) is 44.6 Å². The van der Waals surface area contributed by atoms with Crippen molar-refractivity contribution in [2.45, 2.75) is 37.9 Å². The van der Waals surface area contributed by atoms with Crippen LogP contribution in [-0.4, -0.2) is 58.7 Å². The zero-order valence-corrected chi connectivity index (χ0v) is 18.8. The quantitative estimate of drug-likeness (QED) is 0.514. The first kappa shape index (κ1) is 23.0.